The van der Waals surface area contributed by atoms with E-state index in [2.05, 4.69) is 182 Å². The zero-order valence-corrected chi connectivity index (χ0v) is 27.7. The van der Waals surface area contributed by atoms with Gasteiger partial charge in [-0.1, -0.05) is 176 Å². The predicted octanol–water partition coefficient (Wildman–Crippen LogP) is 13.4. The molecule has 1 heterocycles. The van der Waals surface area contributed by atoms with Crippen LogP contribution < -0.4 is 0 Å². The van der Waals surface area contributed by atoms with Crippen LogP contribution in [-0.2, 0) is 0 Å². The maximum Gasteiger partial charge on any atom is 0.0454 e. The number of allylic oxidation sites excluding steroid dienone is 3. The van der Waals surface area contributed by atoms with Gasteiger partial charge in [-0.25, -0.2) is 0 Å². The highest BCUT2D eigenvalue weighted by Gasteiger charge is 2.35. The van der Waals surface area contributed by atoms with Gasteiger partial charge in [0.15, 0.2) is 0 Å². The Hall–Kier alpha value is -5.63. The summed E-state index contributed by atoms with van der Waals surface area (Å²) in [5.41, 5.74) is 11.8. The molecule has 1 heteroatoms. The van der Waals surface area contributed by atoms with Crippen LogP contribution >= 0.6 is 11.8 Å². The average molecular weight is 641 g/mol. The molecular formula is C48H32S. The monoisotopic (exact) mass is 640 g/mol. The van der Waals surface area contributed by atoms with Crippen molar-refractivity contribution in [3.05, 3.63) is 193 Å². The molecule has 0 saturated heterocycles. The minimum Gasteiger partial charge on any atom is -0.116 e. The Balaban J connectivity index is 1.11. The lowest BCUT2D eigenvalue weighted by atomic mass is 9.82. The first-order chi connectivity index (χ1) is 24.3. The maximum atomic E-state index is 2.45. The van der Waals surface area contributed by atoms with Gasteiger partial charge in [0.2, 0.25) is 0 Å². The molecule has 0 fully saturated rings. The van der Waals surface area contributed by atoms with Gasteiger partial charge in [-0.2, -0.15) is 0 Å². The number of benzene rings is 8. The maximum absolute atomic E-state index is 2.45. The molecule has 0 nitrogen and oxygen atoms in total. The third-order valence-electron chi connectivity index (χ3n) is 10.4. The van der Waals surface area contributed by atoms with Gasteiger partial charge < -0.3 is 0 Å². The zero-order chi connectivity index (χ0) is 32.3. The molecule has 0 spiro atoms. The van der Waals surface area contributed by atoms with E-state index in [-0.39, 0.29) is 0 Å². The molecule has 0 radical (unpaired) electrons. The Bertz CT molecular complexity index is 2580. The van der Waals surface area contributed by atoms with Crippen LogP contribution in [0.4, 0.5) is 0 Å². The van der Waals surface area contributed by atoms with E-state index in [1.165, 1.54) is 87.3 Å². The summed E-state index contributed by atoms with van der Waals surface area (Å²) in [5.74, 6) is 0.314. The highest BCUT2D eigenvalue weighted by molar-refractivity contribution is 8.01. The van der Waals surface area contributed by atoms with E-state index < -0.39 is 0 Å². The zero-order valence-electron chi connectivity index (χ0n) is 26.9. The molecule has 0 N–H and O–H groups in total. The van der Waals surface area contributed by atoms with E-state index in [9.17, 15) is 0 Å². The van der Waals surface area contributed by atoms with Crippen LogP contribution in [0.5, 0.6) is 0 Å². The number of thioether (sulfide) groups is 1. The second-order valence-electron chi connectivity index (χ2n) is 13.1. The molecule has 49 heavy (non-hydrogen) atoms. The molecule has 2 aliphatic rings. The number of rotatable bonds is 4. The van der Waals surface area contributed by atoms with Crippen LogP contribution in [0.2, 0.25) is 0 Å². The van der Waals surface area contributed by atoms with Crippen LogP contribution in [0, 0.1) is 0 Å². The van der Waals surface area contributed by atoms with E-state index in [0.29, 0.717) is 11.2 Å². The summed E-state index contributed by atoms with van der Waals surface area (Å²) < 4.78 is 0. The smallest absolute Gasteiger partial charge is 0.0454 e. The Morgan fingerprint density at radius 2 is 1.00 bits per heavy atom. The van der Waals surface area contributed by atoms with Crippen molar-refractivity contribution in [2.45, 2.75) is 16.1 Å². The minimum absolute atomic E-state index is 0.314. The standard InChI is InChI=1S/C48H32S/c1-2-16-36-31(12-1)13-10-22-37(36)32-26-28-33(29-27-32)46-40-18-3-5-20-42(40)47(43-21-6-4-19-41(43)46)35-15-9-14-34(30-35)38-23-11-24-44-39-17-7-8-25-45(39)49-48(38)44/h1-30,38,48H. The summed E-state index contributed by atoms with van der Waals surface area (Å²) in [4.78, 5) is 1.39. The number of fused-ring (bicyclic) bond motifs is 6. The van der Waals surface area contributed by atoms with E-state index in [4.69, 9.17) is 0 Å². The lowest BCUT2D eigenvalue weighted by molar-refractivity contribution is 0.891. The molecule has 2 unspecified atom stereocenters. The number of hydrogen-bond donors (Lipinski definition) is 0. The molecule has 0 saturated carbocycles. The van der Waals surface area contributed by atoms with Gasteiger partial charge in [0.05, 0.1) is 0 Å². The second-order valence-corrected chi connectivity index (χ2v) is 14.3. The molecule has 8 aromatic carbocycles. The predicted molar refractivity (Wildman–Crippen MR) is 211 cm³/mol. The van der Waals surface area contributed by atoms with Gasteiger partial charge in [-0.3, -0.25) is 0 Å². The van der Waals surface area contributed by atoms with Crippen LogP contribution in [-0.4, -0.2) is 5.25 Å². The van der Waals surface area contributed by atoms with Gasteiger partial charge in [-0.15, -0.1) is 11.8 Å². The Labute approximate surface area is 291 Å². The summed E-state index contributed by atoms with van der Waals surface area (Å²) in [6.45, 7) is 0. The first-order valence-electron chi connectivity index (χ1n) is 17.1. The third-order valence-corrected chi connectivity index (χ3v) is 11.9. The normalized spacial score (nSPS) is 16.5. The summed E-state index contributed by atoms with van der Waals surface area (Å²) in [5, 5.41) is 8.08. The fourth-order valence-corrected chi connectivity index (χ4v) is 9.69. The average Bonchev–Trinajstić information content (AvgIpc) is 3.56. The molecule has 0 amide bonds. The molecule has 1 aliphatic carbocycles. The van der Waals surface area contributed by atoms with Gasteiger partial charge >= 0.3 is 0 Å². The Kier molecular flexibility index (Phi) is 6.67. The molecule has 0 aromatic heterocycles. The first-order valence-corrected chi connectivity index (χ1v) is 18.0. The summed E-state index contributed by atoms with van der Waals surface area (Å²) in [6.07, 6.45) is 6.97. The third kappa shape index (κ3) is 4.61. The van der Waals surface area contributed by atoms with Crippen molar-refractivity contribution in [1.82, 2.24) is 0 Å². The van der Waals surface area contributed by atoms with Crippen molar-refractivity contribution in [1.29, 1.82) is 0 Å². The Morgan fingerprint density at radius 1 is 0.429 bits per heavy atom. The van der Waals surface area contributed by atoms with E-state index >= 15 is 0 Å². The second kappa shape index (κ2) is 11.5. The van der Waals surface area contributed by atoms with Crippen molar-refractivity contribution in [3.63, 3.8) is 0 Å². The van der Waals surface area contributed by atoms with E-state index in [1.807, 2.05) is 11.8 Å². The van der Waals surface area contributed by atoms with Crippen molar-refractivity contribution < 1.29 is 0 Å². The molecule has 0 bridgehead atoms. The molecule has 10 rings (SSSR count). The quantitative estimate of drug-likeness (QED) is 0.173. The largest absolute Gasteiger partial charge is 0.116 e. The Morgan fingerprint density at radius 3 is 1.76 bits per heavy atom. The van der Waals surface area contributed by atoms with Gasteiger partial charge in [-0.05, 0) is 88.5 Å². The van der Waals surface area contributed by atoms with Gasteiger partial charge in [0, 0.05) is 16.1 Å². The molecule has 2 atom stereocenters. The van der Waals surface area contributed by atoms with Crippen LogP contribution in [0.15, 0.2) is 187 Å². The van der Waals surface area contributed by atoms with Gasteiger partial charge in [0.25, 0.3) is 0 Å². The molecule has 8 aromatic rings. The molecule has 1 aliphatic heterocycles. The van der Waals surface area contributed by atoms with Crippen molar-refractivity contribution in [2.24, 2.45) is 0 Å². The fourth-order valence-electron chi connectivity index (χ4n) is 8.22. The van der Waals surface area contributed by atoms with Crippen LogP contribution in [0.3, 0.4) is 0 Å². The summed E-state index contributed by atoms with van der Waals surface area (Å²) in [7, 11) is 0. The highest BCUT2D eigenvalue weighted by atomic mass is 32.2. The SMILES string of the molecule is C1=CC(c2cccc(-c3c4ccccc4c(-c4ccc(-c5cccc6ccccc56)cc4)c4ccccc34)c2)C2Sc3ccccc3C2=C1. The van der Waals surface area contributed by atoms with Crippen LogP contribution in [0.1, 0.15) is 17.0 Å². The van der Waals surface area contributed by atoms with Crippen molar-refractivity contribution in [3.8, 4) is 33.4 Å². The van der Waals surface area contributed by atoms with Gasteiger partial charge in [0.1, 0.15) is 0 Å². The number of hydrogen-bond acceptors (Lipinski definition) is 1. The lowest BCUT2D eigenvalue weighted by Gasteiger charge is -2.25. The minimum atomic E-state index is 0.314. The first kappa shape index (κ1) is 28.4. The topological polar surface area (TPSA) is 0 Å². The summed E-state index contributed by atoms with van der Waals surface area (Å²) in [6, 6.07) is 60.6. The van der Waals surface area contributed by atoms with Crippen LogP contribution in [0.25, 0.3) is 71.3 Å². The van der Waals surface area contributed by atoms with E-state index in [0.717, 1.165) is 0 Å². The van der Waals surface area contributed by atoms with Crippen molar-refractivity contribution in [2.75, 3.05) is 0 Å². The lowest BCUT2D eigenvalue weighted by Crippen LogP contribution is -2.14. The highest BCUT2D eigenvalue weighted by Crippen LogP contribution is 2.53. The molecular weight excluding hydrogens is 609 g/mol. The summed E-state index contributed by atoms with van der Waals surface area (Å²) >= 11 is 2.01. The molecule has 230 valence electrons. The van der Waals surface area contributed by atoms with Crippen molar-refractivity contribution >= 4 is 49.7 Å². The fraction of sp³-hybridized carbons (Fsp3) is 0.0417. The van der Waals surface area contributed by atoms with E-state index in [1.54, 1.807) is 0 Å².